The smallest absolute Gasteiger partial charge is 0.252 e. The van der Waals surface area contributed by atoms with E-state index < -0.39 is 24.2 Å². The molecule has 0 radical (unpaired) electrons. The van der Waals surface area contributed by atoms with Gasteiger partial charge in [-0.3, -0.25) is 0 Å². The number of fused-ring (bicyclic) bond motifs is 7. The summed E-state index contributed by atoms with van der Waals surface area (Å²) in [5.74, 6) is 0. The van der Waals surface area contributed by atoms with Crippen LogP contribution in [0.15, 0.2) is 449 Å². The van der Waals surface area contributed by atoms with E-state index in [4.69, 9.17) is 0 Å². The standard InChI is InChI=1S/C102H74BN3Si3/c1-11-37-75(38-12-1)91-61-36-64-97-101(91)103-94-70-69-90(109(85-52-25-8-26-53-85,86-54-27-9-28-55-86)87-56-29-10-30-57-87)74-98(94)105(77-39-35-58-89(71-77)108(82-46-19-5-20-47-82,83-48-21-6-22-49-83)84-50-23-7-24-51-84)100-73-78(106-95-62-33-31-59-92(95)93-60-32-34-63-96(93)106)72-99(102(100)103)104(97)76-65-67-88(68-66-76)107(79-40-13-2-14-41-79,80-42-15-3-16-43-80)81-44-17-4-18-45-81/h1-74H. The Bertz CT molecular complexity index is 5990. The molecule has 3 nitrogen and oxygen atoms in total. The number of nitrogens with zero attached hydrogens (tertiary/aromatic N) is 3. The highest BCUT2D eigenvalue weighted by molar-refractivity contribution is 7.21. The lowest BCUT2D eigenvalue weighted by Gasteiger charge is -2.46. The molecule has 0 spiro atoms. The fourth-order valence-electron chi connectivity index (χ4n) is 18.9. The fourth-order valence-corrected chi connectivity index (χ4v) is 33.2. The average Bonchev–Trinajstić information content (AvgIpc) is 1.44. The first kappa shape index (κ1) is 65.4. The van der Waals surface area contributed by atoms with Crippen molar-refractivity contribution in [3.05, 3.63) is 449 Å². The van der Waals surface area contributed by atoms with Gasteiger partial charge in [-0.05, 0) is 150 Å². The largest absolute Gasteiger partial charge is 0.311 e. The van der Waals surface area contributed by atoms with E-state index in [1.54, 1.807) is 0 Å². The van der Waals surface area contributed by atoms with E-state index in [9.17, 15) is 0 Å². The van der Waals surface area contributed by atoms with Crippen LogP contribution in [0.2, 0.25) is 0 Å². The van der Waals surface area contributed by atoms with E-state index in [-0.39, 0.29) is 6.71 Å². The van der Waals surface area contributed by atoms with E-state index in [2.05, 4.69) is 463 Å². The molecule has 0 saturated carbocycles. The second-order valence-electron chi connectivity index (χ2n) is 28.9. The molecule has 0 amide bonds. The van der Waals surface area contributed by atoms with Gasteiger partial charge in [-0.15, -0.1) is 0 Å². The number of para-hydroxylation sites is 2. The topological polar surface area (TPSA) is 11.4 Å². The van der Waals surface area contributed by atoms with E-state index in [1.165, 1.54) is 101 Å². The second-order valence-corrected chi connectivity index (χ2v) is 40.3. The number of benzene rings is 17. The Labute approximate surface area is 641 Å². The zero-order valence-electron chi connectivity index (χ0n) is 60.1. The maximum Gasteiger partial charge on any atom is 0.252 e. The number of hydrogen-bond donors (Lipinski definition) is 0. The molecule has 109 heavy (non-hydrogen) atoms. The highest BCUT2D eigenvalue weighted by Gasteiger charge is 2.50. The van der Waals surface area contributed by atoms with Gasteiger partial charge in [0.1, 0.15) is 0 Å². The van der Waals surface area contributed by atoms with Gasteiger partial charge in [-0.25, -0.2) is 0 Å². The molecule has 2 aliphatic heterocycles. The molecule has 7 heteroatoms. The van der Waals surface area contributed by atoms with Gasteiger partial charge in [0.25, 0.3) is 6.71 Å². The first-order chi connectivity index (χ1) is 54.1. The maximum atomic E-state index is 2.71. The van der Waals surface area contributed by atoms with Gasteiger partial charge < -0.3 is 14.4 Å². The first-order valence-electron chi connectivity index (χ1n) is 37.9. The van der Waals surface area contributed by atoms with Crippen LogP contribution in [0.4, 0.5) is 34.1 Å². The monoisotopic (exact) mass is 1440 g/mol. The second kappa shape index (κ2) is 27.3. The zero-order chi connectivity index (χ0) is 72.3. The molecular formula is C102H74BN3Si3. The summed E-state index contributed by atoms with van der Waals surface area (Å²) in [7, 11) is -9.31. The van der Waals surface area contributed by atoms with Gasteiger partial charge in [0, 0.05) is 44.9 Å². The van der Waals surface area contributed by atoms with Crippen molar-refractivity contribution in [2.24, 2.45) is 0 Å². The molecule has 18 aromatic rings. The number of hydrogen-bond acceptors (Lipinski definition) is 2. The third-order valence-corrected chi connectivity index (χ3v) is 37.7. The highest BCUT2D eigenvalue weighted by atomic mass is 28.3. The van der Waals surface area contributed by atoms with Crippen LogP contribution < -0.4 is 88.4 Å². The van der Waals surface area contributed by atoms with Crippen LogP contribution in [0.5, 0.6) is 0 Å². The van der Waals surface area contributed by atoms with E-state index in [1.807, 2.05) is 0 Å². The lowest BCUT2D eigenvalue weighted by Crippen LogP contribution is -2.75. The molecule has 512 valence electrons. The summed E-state index contributed by atoms with van der Waals surface area (Å²) in [5.41, 5.74) is 16.2. The summed E-state index contributed by atoms with van der Waals surface area (Å²) >= 11 is 0. The molecule has 0 atom stereocenters. The highest BCUT2D eigenvalue weighted by Crippen LogP contribution is 2.47. The summed E-state index contributed by atoms with van der Waals surface area (Å²) in [4.78, 5) is 5.35. The van der Waals surface area contributed by atoms with Gasteiger partial charge in [0.2, 0.25) is 0 Å². The molecule has 20 rings (SSSR count). The van der Waals surface area contributed by atoms with E-state index in [0.717, 1.165) is 50.8 Å². The fraction of sp³-hybridized carbons (Fsp3) is 0. The molecule has 2 aliphatic rings. The maximum absolute atomic E-state index is 3.20. The molecule has 0 bridgehead atoms. The zero-order valence-corrected chi connectivity index (χ0v) is 63.1. The van der Waals surface area contributed by atoms with Crippen LogP contribution >= 0.6 is 0 Å². The van der Waals surface area contributed by atoms with Crippen molar-refractivity contribution >= 4 is 165 Å². The summed E-state index contributed by atoms with van der Waals surface area (Å²) in [6, 6.07) is 171. The number of anilines is 6. The van der Waals surface area contributed by atoms with Crippen molar-refractivity contribution in [2.45, 2.75) is 0 Å². The van der Waals surface area contributed by atoms with Crippen LogP contribution in [0.3, 0.4) is 0 Å². The van der Waals surface area contributed by atoms with Gasteiger partial charge in [-0.1, -0.05) is 388 Å². The Morgan fingerprint density at radius 3 is 0.927 bits per heavy atom. The Morgan fingerprint density at radius 2 is 0.514 bits per heavy atom. The Hall–Kier alpha value is -13.1. The first-order valence-corrected chi connectivity index (χ1v) is 43.9. The summed E-state index contributed by atoms with van der Waals surface area (Å²) in [5, 5.41) is 18.3. The summed E-state index contributed by atoms with van der Waals surface area (Å²) in [6.45, 7) is -0.260. The molecule has 0 unspecified atom stereocenters. The molecule has 0 N–H and O–H groups in total. The molecule has 1 aromatic heterocycles. The van der Waals surface area contributed by atoms with E-state index in [0.29, 0.717) is 0 Å². The van der Waals surface area contributed by atoms with Crippen molar-refractivity contribution in [3.8, 4) is 16.8 Å². The van der Waals surface area contributed by atoms with Crippen molar-refractivity contribution in [1.29, 1.82) is 0 Å². The van der Waals surface area contributed by atoms with Gasteiger partial charge in [-0.2, -0.15) is 0 Å². The summed E-state index contributed by atoms with van der Waals surface area (Å²) in [6.07, 6.45) is 0. The quantitative estimate of drug-likeness (QED) is 0.0706. The SMILES string of the molecule is c1ccc(-c2cccc3c2B2c4ccc([Si](c5ccccc5)(c5ccccc5)c5ccccc5)cc4N(c4cccc([Si](c5ccccc5)(c5ccccc5)c5ccccc5)c4)c4cc(-n5c6ccccc6c6ccccc65)cc(c42)N3c2ccc([Si](c3ccccc3)(c3ccccc3)c3ccccc3)cc2)cc1. The Morgan fingerprint density at radius 1 is 0.193 bits per heavy atom. The molecular weight excluding hydrogens is 1360 g/mol. The van der Waals surface area contributed by atoms with Crippen molar-refractivity contribution in [3.63, 3.8) is 0 Å². The predicted octanol–water partition coefficient (Wildman–Crippen LogP) is 14.7. The van der Waals surface area contributed by atoms with Crippen LogP contribution in [0.25, 0.3) is 38.6 Å². The minimum Gasteiger partial charge on any atom is -0.311 e. The number of aromatic nitrogens is 1. The molecule has 0 aliphatic carbocycles. The summed E-state index contributed by atoms with van der Waals surface area (Å²) < 4.78 is 2.55. The Kier molecular flexibility index (Phi) is 16.4. The molecule has 0 fully saturated rings. The van der Waals surface area contributed by atoms with Gasteiger partial charge >= 0.3 is 0 Å². The molecule has 3 heterocycles. The van der Waals surface area contributed by atoms with Gasteiger partial charge in [0.15, 0.2) is 24.2 Å². The van der Waals surface area contributed by atoms with Crippen molar-refractivity contribution in [1.82, 2.24) is 4.57 Å². The predicted molar refractivity (Wildman–Crippen MR) is 471 cm³/mol. The van der Waals surface area contributed by atoms with E-state index >= 15 is 0 Å². The normalized spacial score (nSPS) is 12.5. The van der Waals surface area contributed by atoms with Crippen molar-refractivity contribution in [2.75, 3.05) is 9.80 Å². The average molecular weight is 1440 g/mol. The minimum atomic E-state index is -3.20. The minimum absolute atomic E-state index is 0.260. The van der Waals surface area contributed by atoms with Crippen LogP contribution in [-0.4, -0.2) is 35.5 Å². The molecule has 0 saturated heterocycles. The van der Waals surface area contributed by atoms with Crippen LogP contribution in [-0.2, 0) is 0 Å². The number of rotatable bonds is 16. The van der Waals surface area contributed by atoms with Crippen molar-refractivity contribution < 1.29 is 0 Å². The van der Waals surface area contributed by atoms with Crippen LogP contribution in [0.1, 0.15) is 0 Å². The lowest BCUT2D eigenvalue weighted by atomic mass is 9.32. The molecule has 17 aromatic carbocycles. The lowest BCUT2D eigenvalue weighted by molar-refractivity contribution is 1.16. The Balaban J connectivity index is 0.934. The van der Waals surface area contributed by atoms with Crippen LogP contribution in [0, 0.1) is 0 Å². The third kappa shape index (κ3) is 10.4. The third-order valence-electron chi connectivity index (χ3n) is 23.4. The van der Waals surface area contributed by atoms with Gasteiger partial charge in [0.05, 0.1) is 16.7 Å².